The zero-order valence-electron chi connectivity index (χ0n) is 9.58. The summed E-state index contributed by atoms with van der Waals surface area (Å²) >= 11 is 6.45. The first-order chi connectivity index (χ1) is 8.52. The molecule has 1 aromatic heterocycles. The molecular weight excluding hydrogens is 287 g/mol. The van der Waals surface area contributed by atoms with Crippen LogP contribution in [0.4, 0.5) is 18.3 Å². The standard InChI is InChI=1S/C10H13ClF3N3S/c11-5-2-6-17(7-3-1-4-7)9-15-8(16-18-9)10(12,13)14/h7H,1-6H2. The molecular formula is C10H13ClF3N3S. The van der Waals surface area contributed by atoms with Gasteiger partial charge in [-0.3, -0.25) is 0 Å². The first-order valence-electron chi connectivity index (χ1n) is 5.76. The third-order valence-corrected chi connectivity index (χ3v) is 3.98. The van der Waals surface area contributed by atoms with Gasteiger partial charge in [0, 0.05) is 30.0 Å². The average Bonchev–Trinajstić information content (AvgIpc) is 2.69. The number of anilines is 1. The molecule has 18 heavy (non-hydrogen) atoms. The van der Waals surface area contributed by atoms with Crippen molar-refractivity contribution in [2.45, 2.75) is 37.9 Å². The molecule has 0 spiro atoms. The Labute approximate surface area is 112 Å². The fourth-order valence-electron chi connectivity index (χ4n) is 1.81. The summed E-state index contributed by atoms with van der Waals surface area (Å²) in [6.45, 7) is 0.640. The second kappa shape index (κ2) is 5.61. The highest BCUT2D eigenvalue weighted by atomic mass is 35.5. The monoisotopic (exact) mass is 299 g/mol. The van der Waals surface area contributed by atoms with Crippen LogP contribution in [0.2, 0.25) is 0 Å². The number of alkyl halides is 4. The van der Waals surface area contributed by atoms with E-state index in [9.17, 15) is 13.2 Å². The number of hydrogen-bond donors (Lipinski definition) is 0. The summed E-state index contributed by atoms with van der Waals surface area (Å²) in [4.78, 5) is 5.52. The lowest BCUT2D eigenvalue weighted by atomic mass is 9.92. The highest BCUT2D eigenvalue weighted by Crippen LogP contribution is 2.34. The molecule has 0 unspecified atom stereocenters. The van der Waals surface area contributed by atoms with E-state index in [4.69, 9.17) is 11.6 Å². The second-order valence-electron chi connectivity index (χ2n) is 4.22. The van der Waals surface area contributed by atoms with Crippen LogP contribution in [-0.4, -0.2) is 27.8 Å². The number of rotatable bonds is 5. The van der Waals surface area contributed by atoms with Crippen molar-refractivity contribution in [1.29, 1.82) is 0 Å². The van der Waals surface area contributed by atoms with E-state index >= 15 is 0 Å². The number of hydrogen-bond acceptors (Lipinski definition) is 4. The SMILES string of the molecule is FC(F)(F)c1nsc(N(CCCCl)C2CCC2)n1. The molecule has 0 radical (unpaired) electrons. The van der Waals surface area contributed by atoms with Gasteiger partial charge in [0.25, 0.3) is 0 Å². The molecule has 1 saturated carbocycles. The van der Waals surface area contributed by atoms with Crippen LogP contribution < -0.4 is 4.90 Å². The largest absolute Gasteiger partial charge is 0.452 e. The Morgan fingerprint density at radius 2 is 2.11 bits per heavy atom. The molecule has 0 saturated heterocycles. The number of halogens is 4. The molecule has 0 N–H and O–H groups in total. The van der Waals surface area contributed by atoms with Crippen molar-refractivity contribution in [2.75, 3.05) is 17.3 Å². The molecule has 102 valence electrons. The van der Waals surface area contributed by atoms with Gasteiger partial charge in [0.2, 0.25) is 11.0 Å². The van der Waals surface area contributed by atoms with Gasteiger partial charge in [-0.2, -0.15) is 22.5 Å². The first kappa shape index (κ1) is 13.9. The van der Waals surface area contributed by atoms with Crippen molar-refractivity contribution >= 4 is 28.3 Å². The third kappa shape index (κ3) is 3.06. The van der Waals surface area contributed by atoms with E-state index < -0.39 is 12.0 Å². The van der Waals surface area contributed by atoms with Crippen molar-refractivity contribution in [3.05, 3.63) is 5.82 Å². The van der Waals surface area contributed by atoms with E-state index in [1.165, 1.54) is 0 Å². The Balaban J connectivity index is 2.11. The van der Waals surface area contributed by atoms with Crippen molar-refractivity contribution in [2.24, 2.45) is 0 Å². The molecule has 1 aliphatic carbocycles. The number of nitrogens with zero attached hydrogens (tertiary/aromatic N) is 3. The quantitative estimate of drug-likeness (QED) is 0.779. The van der Waals surface area contributed by atoms with Gasteiger partial charge in [0.05, 0.1) is 0 Å². The fraction of sp³-hybridized carbons (Fsp3) is 0.800. The maximum Gasteiger partial charge on any atom is 0.452 e. The van der Waals surface area contributed by atoms with Crippen LogP contribution in [0.3, 0.4) is 0 Å². The minimum atomic E-state index is -4.47. The van der Waals surface area contributed by atoms with Crippen LogP contribution in [0, 0.1) is 0 Å². The smallest absolute Gasteiger partial charge is 0.344 e. The Hall–Kier alpha value is -0.560. The third-order valence-electron chi connectivity index (χ3n) is 2.96. The van der Waals surface area contributed by atoms with E-state index in [1.54, 1.807) is 0 Å². The Kier molecular flexibility index (Phi) is 4.32. The topological polar surface area (TPSA) is 29.0 Å². The normalized spacial score (nSPS) is 16.7. The van der Waals surface area contributed by atoms with Gasteiger partial charge in [0.15, 0.2) is 0 Å². The van der Waals surface area contributed by atoms with Crippen molar-refractivity contribution in [3.63, 3.8) is 0 Å². The molecule has 1 aromatic rings. The summed E-state index contributed by atoms with van der Waals surface area (Å²) < 4.78 is 40.8. The lowest BCUT2D eigenvalue weighted by Crippen LogP contribution is -2.41. The number of aromatic nitrogens is 2. The molecule has 0 amide bonds. The molecule has 1 aliphatic rings. The van der Waals surface area contributed by atoms with E-state index in [0.717, 1.165) is 37.2 Å². The van der Waals surface area contributed by atoms with Gasteiger partial charge in [-0.15, -0.1) is 11.6 Å². The highest BCUT2D eigenvalue weighted by Gasteiger charge is 2.37. The van der Waals surface area contributed by atoms with Gasteiger partial charge in [-0.1, -0.05) is 0 Å². The van der Waals surface area contributed by atoms with Crippen LogP contribution in [0.5, 0.6) is 0 Å². The Bertz CT molecular complexity index is 392. The van der Waals surface area contributed by atoms with Gasteiger partial charge in [-0.25, -0.2) is 0 Å². The average molecular weight is 300 g/mol. The summed E-state index contributed by atoms with van der Waals surface area (Å²) in [6, 6.07) is 0.294. The molecule has 8 heteroatoms. The van der Waals surface area contributed by atoms with Crippen LogP contribution in [0.1, 0.15) is 31.5 Å². The van der Waals surface area contributed by atoms with Gasteiger partial charge in [-0.05, 0) is 25.7 Å². The molecule has 0 aliphatic heterocycles. The van der Waals surface area contributed by atoms with Gasteiger partial charge in [0.1, 0.15) is 0 Å². The summed E-state index contributed by atoms with van der Waals surface area (Å²) in [5.74, 6) is -0.550. The zero-order valence-corrected chi connectivity index (χ0v) is 11.2. The van der Waals surface area contributed by atoms with E-state index in [-0.39, 0.29) is 0 Å². The Morgan fingerprint density at radius 3 is 2.56 bits per heavy atom. The first-order valence-corrected chi connectivity index (χ1v) is 7.06. The van der Waals surface area contributed by atoms with Crippen LogP contribution in [0.15, 0.2) is 0 Å². The Morgan fingerprint density at radius 1 is 1.39 bits per heavy atom. The van der Waals surface area contributed by atoms with Crippen molar-refractivity contribution in [3.8, 4) is 0 Å². The lowest BCUT2D eigenvalue weighted by Gasteiger charge is -2.37. The second-order valence-corrected chi connectivity index (χ2v) is 5.33. The van der Waals surface area contributed by atoms with Gasteiger partial charge >= 0.3 is 6.18 Å². The van der Waals surface area contributed by atoms with Gasteiger partial charge < -0.3 is 4.90 Å². The molecule has 1 heterocycles. The summed E-state index contributed by atoms with van der Waals surface area (Å²) in [5, 5.41) is 0.358. The maximum absolute atomic E-state index is 12.5. The minimum absolute atomic E-state index is 0.294. The molecule has 1 fully saturated rings. The molecule has 0 atom stereocenters. The molecule has 2 rings (SSSR count). The van der Waals surface area contributed by atoms with Crippen molar-refractivity contribution in [1.82, 2.24) is 9.36 Å². The van der Waals surface area contributed by atoms with E-state index in [1.807, 2.05) is 4.90 Å². The molecule has 0 bridgehead atoms. The highest BCUT2D eigenvalue weighted by molar-refractivity contribution is 7.09. The summed E-state index contributed by atoms with van der Waals surface area (Å²) in [6.07, 6.45) is -0.606. The zero-order chi connectivity index (χ0) is 13.2. The maximum atomic E-state index is 12.5. The predicted molar refractivity (Wildman–Crippen MR) is 65.2 cm³/mol. The van der Waals surface area contributed by atoms with Crippen LogP contribution in [0.25, 0.3) is 0 Å². The van der Waals surface area contributed by atoms with Crippen LogP contribution >= 0.6 is 23.1 Å². The van der Waals surface area contributed by atoms with E-state index in [2.05, 4.69) is 9.36 Å². The lowest BCUT2D eigenvalue weighted by molar-refractivity contribution is -0.144. The minimum Gasteiger partial charge on any atom is -0.344 e. The molecule has 3 nitrogen and oxygen atoms in total. The summed E-state index contributed by atoms with van der Waals surface area (Å²) in [7, 11) is 0. The predicted octanol–water partition coefficient (Wildman–Crippen LogP) is 3.54. The fourth-order valence-corrected chi connectivity index (χ4v) is 2.71. The van der Waals surface area contributed by atoms with E-state index in [0.29, 0.717) is 23.6 Å². The van der Waals surface area contributed by atoms with Crippen molar-refractivity contribution < 1.29 is 13.2 Å². The van der Waals surface area contributed by atoms with Crippen LogP contribution in [-0.2, 0) is 6.18 Å². The molecule has 0 aromatic carbocycles. The summed E-state index contributed by atoms with van der Waals surface area (Å²) in [5.41, 5.74) is 0.